The molecule has 0 aliphatic carbocycles. The Kier molecular flexibility index (Phi) is 6.22. The summed E-state index contributed by atoms with van der Waals surface area (Å²) >= 11 is 0. The molecule has 0 fully saturated rings. The third kappa shape index (κ3) is 4.65. The van der Waals surface area contributed by atoms with Crippen LogP contribution < -0.4 is 10.1 Å². The molecule has 0 aliphatic rings. The highest BCUT2D eigenvalue weighted by Gasteiger charge is 2.20. The molecule has 1 atom stereocenters. The summed E-state index contributed by atoms with van der Waals surface area (Å²) in [5.41, 5.74) is 1.56. The number of aryl methyl sites for hydroxylation is 1. The number of nitrogens with zero attached hydrogens (tertiary/aromatic N) is 2. The van der Waals surface area contributed by atoms with Crippen LogP contribution in [0.1, 0.15) is 29.9 Å². The maximum Gasteiger partial charge on any atom is 0.244 e. The second kappa shape index (κ2) is 8.99. The molecule has 0 radical (unpaired) electrons. The molecule has 1 heterocycles. The number of imidazole rings is 1. The summed E-state index contributed by atoms with van der Waals surface area (Å²) in [6.45, 7) is 2.45. The standard InChI is InChI=1S/C22H22FN3O2/c1-3-28-19-7-5-4-6-16(19)10-13-20(27)25-21(22-24-14-15-26(22)2)17-8-11-18(23)12-9-17/h4-15,21H,3H2,1-2H3,(H,25,27)/b13-10+. The molecule has 3 rings (SSSR count). The van der Waals surface area contributed by atoms with Gasteiger partial charge in [-0.05, 0) is 36.8 Å². The van der Waals surface area contributed by atoms with E-state index >= 15 is 0 Å². The van der Waals surface area contributed by atoms with Gasteiger partial charge >= 0.3 is 0 Å². The zero-order chi connectivity index (χ0) is 19.9. The lowest BCUT2D eigenvalue weighted by molar-refractivity contribution is -0.117. The van der Waals surface area contributed by atoms with Crippen molar-refractivity contribution in [3.8, 4) is 5.75 Å². The van der Waals surface area contributed by atoms with Gasteiger partial charge in [-0.3, -0.25) is 4.79 Å². The van der Waals surface area contributed by atoms with Gasteiger partial charge in [-0.1, -0.05) is 30.3 Å². The number of hydrogen-bond acceptors (Lipinski definition) is 3. The van der Waals surface area contributed by atoms with E-state index in [-0.39, 0.29) is 11.7 Å². The number of amides is 1. The Balaban J connectivity index is 1.82. The van der Waals surface area contributed by atoms with Crippen molar-refractivity contribution in [1.82, 2.24) is 14.9 Å². The number of carbonyl (C=O) groups is 1. The van der Waals surface area contributed by atoms with Gasteiger partial charge in [-0.15, -0.1) is 0 Å². The van der Waals surface area contributed by atoms with E-state index in [0.717, 1.165) is 11.1 Å². The second-order valence-corrected chi connectivity index (χ2v) is 6.19. The molecule has 1 aromatic heterocycles. The Labute approximate surface area is 163 Å². The lowest BCUT2D eigenvalue weighted by Crippen LogP contribution is -2.29. The lowest BCUT2D eigenvalue weighted by atomic mass is 10.1. The van der Waals surface area contributed by atoms with E-state index < -0.39 is 6.04 Å². The maximum atomic E-state index is 13.3. The highest BCUT2D eigenvalue weighted by molar-refractivity contribution is 5.92. The minimum absolute atomic E-state index is 0.288. The average molecular weight is 379 g/mol. The van der Waals surface area contributed by atoms with Gasteiger partial charge < -0.3 is 14.6 Å². The van der Waals surface area contributed by atoms with E-state index in [0.29, 0.717) is 18.2 Å². The van der Waals surface area contributed by atoms with Gasteiger partial charge in [0.2, 0.25) is 5.91 Å². The van der Waals surface area contributed by atoms with E-state index in [4.69, 9.17) is 4.74 Å². The molecule has 1 unspecified atom stereocenters. The molecule has 28 heavy (non-hydrogen) atoms. The quantitative estimate of drug-likeness (QED) is 0.634. The molecule has 5 nitrogen and oxygen atoms in total. The predicted molar refractivity (Wildman–Crippen MR) is 106 cm³/mol. The molecule has 0 bridgehead atoms. The summed E-state index contributed by atoms with van der Waals surface area (Å²) in [6.07, 6.45) is 6.62. The van der Waals surface area contributed by atoms with Crippen LogP contribution in [0, 0.1) is 5.82 Å². The summed E-state index contributed by atoms with van der Waals surface area (Å²) in [6, 6.07) is 13.0. The number of hydrogen-bond donors (Lipinski definition) is 1. The fourth-order valence-electron chi connectivity index (χ4n) is 2.87. The molecule has 1 amide bonds. The van der Waals surface area contributed by atoms with Crippen LogP contribution in [-0.4, -0.2) is 22.1 Å². The molecule has 2 aromatic carbocycles. The van der Waals surface area contributed by atoms with E-state index in [9.17, 15) is 9.18 Å². The first-order valence-corrected chi connectivity index (χ1v) is 9.01. The van der Waals surface area contributed by atoms with Crippen LogP contribution in [0.15, 0.2) is 67.0 Å². The molecule has 0 saturated heterocycles. The molecule has 0 aliphatic heterocycles. The SMILES string of the molecule is CCOc1ccccc1/C=C/C(=O)NC(c1ccc(F)cc1)c1nccn1C. The number of halogens is 1. The molecule has 3 aromatic rings. The van der Waals surface area contributed by atoms with Crippen molar-refractivity contribution in [2.24, 2.45) is 7.05 Å². The lowest BCUT2D eigenvalue weighted by Gasteiger charge is -2.18. The molecule has 1 N–H and O–H groups in total. The van der Waals surface area contributed by atoms with Gasteiger partial charge in [0.25, 0.3) is 0 Å². The van der Waals surface area contributed by atoms with E-state index in [1.54, 1.807) is 30.6 Å². The first-order valence-electron chi connectivity index (χ1n) is 9.01. The summed E-state index contributed by atoms with van der Waals surface area (Å²) < 4.78 is 20.7. The molecule has 6 heteroatoms. The Hall–Kier alpha value is -3.41. The highest BCUT2D eigenvalue weighted by Crippen LogP contribution is 2.22. The number of nitrogens with one attached hydrogen (secondary N) is 1. The number of para-hydroxylation sites is 1. The number of rotatable bonds is 7. The Morgan fingerprint density at radius 3 is 2.68 bits per heavy atom. The topological polar surface area (TPSA) is 56.1 Å². The molecular formula is C22H22FN3O2. The van der Waals surface area contributed by atoms with Gasteiger partial charge in [-0.25, -0.2) is 9.37 Å². The largest absolute Gasteiger partial charge is 0.493 e. The normalized spacial score (nSPS) is 12.1. The highest BCUT2D eigenvalue weighted by atomic mass is 19.1. The number of ether oxygens (including phenoxy) is 1. The Morgan fingerprint density at radius 2 is 2.00 bits per heavy atom. The van der Waals surface area contributed by atoms with Crippen LogP contribution in [0.5, 0.6) is 5.75 Å². The van der Waals surface area contributed by atoms with Gasteiger partial charge in [0.05, 0.1) is 6.61 Å². The fraction of sp³-hybridized carbons (Fsp3) is 0.182. The average Bonchev–Trinajstić information content (AvgIpc) is 3.12. The Bertz CT molecular complexity index is 964. The van der Waals surface area contributed by atoms with E-state index in [1.807, 2.05) is 42.8 Å². The van der Waals surface area contributed by atoms with Crippen LogP contribution in [0.3, 0.4) is 0 Å². The third-order valence-corrected chi connectivity index (χ3v) is 4.24. The van der Waals surface area contributed by atoms with E-state index in [1.165, 1.54) is 18.2 Å². The second-order valence-electron chi connectivity index (χ2n) is 6.19. The van der Waals surface area contributed by atoms with Crippen LogP contribution in [-0.2, 0) is 11.8 Å². The van der Waals surface area contributed by atoms with Crippen molar-refractivity contribution in [2.45, 2.75) is 13.0 Å². The zero-order valence-electron chi connectivity index (χ0n) is 15.8. The molecule has 144 valence electrons. The van der Waals surface area contributed by atoms with Crippen LogP contribution >= 0.6 is 0 Å². The van der Waals surface area contributed by atoms with Crippen molar-refractivity contribution in [3.63, 3.8) is 0 Å². The van der Waals surface area contributed by atoms with Gasteiger partial charge in [0, 0.05) is 31.1 Å². The van der Waals surface area contributed by atoms with E-state index in [2.05, 4.69) is 10.3 Å². The monoisotopic (exact) mass is 379 g/mol. The van der Waals surface area contributed by atoms with Crippen LogP contribution in [0.2, 0.25) is 0 Å². The van der Waals surface area contributed by atoms with Gasteiger partial charge in [-0.2, -0.15) is 0 Å². The number of benzene rings is 2. The van der Waals surface area contributed by atoms with Crippen molar-refractivity contribution >= 4 is 12.0 Å². The fourth-order valence-corrected chi connectivity index (χ4v) is 2.87. The van der Waals surface area contributed by atoms with Gasteiger partial charge in [0.15, 0.2) is 0 Å². The zero-order valence-corrected chi connectivity index (χ0v) is 15.8. The third-order valence-electron chi connectivity index (χ3n) is 4.24. The minimum atomic E-state index is -0.500. The molecular weight excluding hydrogens is 357 g/mol. The smallest absolute Gasteiger partial charge is 0.244 e. The van der Waals surface area contributed by atoms with Crippen molar-refractivity contribution < 1.29 is 13.9 Å². The maximum absolute atomic E-state index is 13.3. The summed E-state index contributed by atoms with van der Waals surface area (Å²) in [5.74, 6) is 0.751. The number of aromatic nitrogens is 2. The number of carbonyl (C=O) groups excluding carboxylic acids is 1. The van der Waals surface area contributed by atoms with Gasteiger partial charge in [0.1, 0.15) is 23.4 Å². The van der Waals surface area contributed by atoms with Crippen molar-refractivity contribution in [3.05, 3.63) is 89.8 Å². The first-order chi connectivity index (χ1) is 13.6. The molecule has 0 saturated carbocycles. The first kappa shape index (κ1) is 19.4. The van der Waals surface area contributed by atoms with Crippen molar-refractivity contribution in [1.29, 1.82) is 0 Å². The van der Waals surface area contributed by atoms with Crippen molar-refractivity contribution in [2.75, 3.05) is 6.61 Å². The summed E-state index contributed by atoms with van der Waals surface area (Å²) in [7, 11) is 1.85. The minimum Gasteiger partial charge on any atom is -0.493 e. The molecule has 0 spiro atoms. The summed E-state index contributed by atoms with van der Waals surface area (Å²) in [5, 5.41) is 2.95. The van der Waals surface area contributed by atoms with Crippen LogP contribution in [0.4, 0.5) is 4.39 Å². The van der Waals surface area contributed by atoms with Crippen LogP contribution in [0.25, 0.3) is 6.08 Å². The Morgan fingerprint density at radius 1 is 1.25 bits per heavy atom. The predicted octanol–water partition coefficient (Wildman–Crippen LogP) is 3.88. The summed E-state index contributed by atoms with van der Waals surface area (Å²) in [4.78, 5) is 16.9.